The summed E-state index contributed by atoms with van der Waals surface area (Å²) in [6, 6.07) is 10.1. The van der Waals surface area contributed by atoms with E-state index in [2.05, 4.69) is 10.1 Å². The number of ether oxygens (including phenoxy) is 1. The highest BCUT2D eigenvalue weighted by molar-refractivity contribution is 5.29. The average molecular weight is 233 g/mol. The van der Waals surface area contributed by atoms with Crippen LogP contribution in [0.15, 0.2) is 36.7 Å². The number of aliphatic hydroxyl groups excluding tert-OH is 1. The molecule has 0 saturated heterocycles. The van der Waals surface area contributed by atoms with Gasteiger partial charge < -0.3 is 9.84 Å². The van der Waals surface area contributed by atoms with Gasteiger partial charge in [0.2, 0.25) is 0 Å². The fraction of sp³-hybridized carbons (Fsp3) is 0.333. The Morgan fingerprint density at radius 2 is 2.00 bits per heavy atom. The van der Waals surface area contributed by atoms with Crippen molar-refractivity contribution in [1.82, 2.24) is 14.8 Å². The number of unbranched alkanes of at least 4 members (excludes halogenated alkanes) is 1. The SMILES string of the molecule is OCCCCOc1ncn(-c2ccccc2)n1. The van der Waals surface area contributed by atoms with E-state index in [4.69, 9.17) is 9.84 Å². The molecule has 0 radical (unpaired) electrons. The second kappa shape index (κ2) is 6.00. The molecule has 2 rings (SSSR count). The lowest BCUT2D eigenvalue weighted by atomic mass is 10.3. The van der Waals surface area contributed by atoms with Crippen LogP contribution in [-0.2, 0) is 0 Å². The van der Waals surface area contributed by atoms with Crippen LogP contribution in [0.4, 0.5) is 0 Å². The van der Waals surface area contributed by atoms with Crippen LogP contribution < -0.4 is 4.74 Å². The molecule has 1 heterocycles. The van der Waals surface area contributed by atoms with E-state index in [0.29, 0.717) is 12.6 Å². The number of aliphatic hydroxyl groups is 1. The number of aromatic nitrogens is 3. The van der Waals surface area contributed by atoms with Crippen molar-refractivity contribution in [2.24, 2.45) is 0 Å². The lowest BCUT2D eigenvalue weighted by Gasteiger charge is -2.00. The summed E-state index contributed by atoms with van der Waals surface area (Å²) < 4.78 is 7.02. The topological polar surface area (TPSA) is 60.2 Å². The molecule has 5 heteroatoms. The first-order chi connectivity index (χ1) is 8.40. The first-order valence-electron chi connectivity index (χ1n) is 5.61. The molecule has 0 saturated carbocycles. The first-order valence-corrected chi connectivity index (χ1v) is 5.61. The van der Waals surface area contributed by atoms with Crippen molar-refractivity contribution in [2.45, 2.75) is 12.8 Å². The molecule has 1 N–H and O–H groups in total. The highest BCUT2D eigenvalue weighted by Gasteiger charge is 2.02. The maximum atomic E-state index is 8.63. The third kappa shape index (κ3) is 3.29. The Hall–Kier alpha value is -1.88. The summed E-state index contributed by atoms with van der Waals surface area (Å²) in [5.41, 5.74) is 0.949. The standard InChI is InChI=1S/C12H15N3O2/c16-8-4-5-9-17-12-13-10-15(14-12)11-6-2-1-3-7-11/h1-3,6-7,10,16H,4-5,8-9H2. The number of hydrogen-bond donors (Lipinski definition) is 1. The van der Waals surface area contributed by atoms with Crippen molar-refractivity contribution in [3.63, 3.8) is 0 Å². The van der Waals surface area contributed by atoms with E-state index in [9.17, 15) is 0 Å². The highest BCUT2D eigenvalue weighted by atomic mass is 16.5. The maximum absolute atomic E-state index is 8.63. The lowest BCUT2D eigenvalue weighted by molar-refractivity contribution is 0.244. The van der Waals surface area contributed by atoms with Crippen LogP contribution in [0.25, 0.3) is 5.69 Å². The summed E-state index contributed by atoms with van der Waals surface area (Å²) in [6.07, 6.45) is 3.16. The smallest absolute Gasteiger partial charge is 0.335 e. The van der Waals surface area contributed by atoms with Crippen molar-refractivity contribution in [3.05, 3.63) is 36.7 Å². The van der Waals surface area contributed by atoms with Crippen LogP contribution in [0.5, 0.6) is 6.01 Å². The van der Waals surface area contributed by atoms with Gasteiger partial charge in [-0.15, -0.1) is 5.10 Å². The van der Waals surface area contributed by atoms with Crippen LogP contribution in [-0.4, -0.2) is 33.1 Å². The van der Waals surface area contributed by atoms with Crippen molar-refractivity contribution in [2.75, 3.05) is 13.2 Å². The van der Waals surface area contributed by atoms with Crippen molar-refractivity contribution < 1.29 is 9.84 Å². The molecule has 1 aromatic heterocycles. The van der Waals surface area contributed by atoms with Gasteiger partial charge in [0, 0.05) is 6.61 Å². The Kier molecular flexibility index (Phi) is 4.10. The molecule has 0 amide bonds. The molecule has 0 atom stereocenters. The quantitative estimate of drug-likeness (QED) is 0.766. The summed E-state index contributed by atoms with van der Waals surface area (Å²) in [5, 5.41) is 12.8. The predicted octanol–water partition coefficient (Wildman–Crippen LogP) is 1.42. The van der Waals surface area contributed by atoms with E-state index in [1.165, 1.54) is 0 Å². The van der Waals surface area contributed by atoms with Crippen molar-refractivity contribution >= 4 is 0 Å². The predicted molar refractivity (Wildman–Crippen MR) is 63.2 cm³/mol. The monoisotopic (exact) mass is 233 g/mol. The van der Waals surface area contributed by atoms with Gasteiger partial charge in [-0.25, -0.2) is 4.68 Å². The van der Waals surface area contributed by atoms with Crippen molar-refractivity contribution in [1.29, 1.82) is 0 Å². The summed E-state index contributed by atoms with van der Waals surface area (Å²) in [7, 11) is 0. The minimum atomic E-state index is 0.190. The Balaban J connectivity index is 1.92. The van der Waals surface area contributed by atoms with E-state index >= 15 is 0 Å². The number of hydrogen-bond acceptors (Lipinski definition) is 4. The number of rotatable bonds is 6. The van der Waals surface area contributed by atoms with Gasteiger partial charge in [0.25, 0.3) is 0 Å². The Labute approximate surface area is 99.7 Å². The Morgan fingerprint density at radius 3 is 2.76 bits per heavy atom. The van der Waals surface area contributed by atoms with E-state index in [0.717, 1.165) is 18.5 Å². The van der Waals surface area contributed by atoms with Gasteiger partial charge in [0.15, 0.2) is 0 Å². The molecular weight excluding hydrogens is 218 g/mol. The lowest BCUT2D eigenvalue weighted by Crippen LogP contribution is -2.01. The second-order valence-corrected chi connectivity index (χ2v) is 3.59. The molecule has 0 bridgehead atoms. The van der Waals surface area contributed by atoms with Crippen LogP contribution in [0.1, 0.15) is 12.8 Å². The largest absolute Gasteiger partial charge is 0.462 e. The zero-order valence-electron chi connectivity index (χ0n) is 9.49. The summed E-state index contributed by atoms with van der Waals surface area (Å²) >= 11 is 0. The zero-order valence-corrected chi connectivity index (χ0v) is 9.49. The molecule has 17 heavy (non-hydrogen) atoms. The van der Waals surface area contributed by atoms with E-state index < -0.39 is 0 Å². The summed E-state index contributed by atoms with van der Waals surface area (Å²) in [5.74, 6) is 0. The van der Waals surface area contributed by atoms with Gasteiger partial charge in [0.05, 0.1) is 12.3 Å². The van der Waals surface area contributed by atoms with E-state index in [-0.39, 0.29) is 6.61 Å². The minimum absolute atomic E-state index is 0.190. The normalized spacial score (nSPS) is 10.4. The fourth-order valence-electron chi connectivity index (χ4n) is 1.40. The minimum Gasteiger partial charge on any atom is -0.462 e. The Bertz CT molecular complexity index is 442. The van der Waals surface area contributed by atoms with Crippen LogP contribution in [0.2, 0.25) is 0 Å². The molecule has 5 nitrogen and oxygen atoms in total. The zero-order chi connectivity index (χ0) is 11.9. The van der Waals surface area contributed by atoms with Crippen molar-refractivity contribution in [3.8, 4) is 11.7 Å². The number of benzene rings is 1. The first kappa shape index (κ1) is 11.6. The third-order valence-corrected chi connectivity index (χ3v) is 2.28. The highest BCUT2D eigenvalue weighted by Crippen LogP contribution is 2.08. The van der Waals surface area contributed by atoms with E-state index in [1.807, 2.05) is 30.3 Å². The Morgan fingerprint density at radius 1 is 1.18 bits per heavy atom. The van der Waals surface area contributed by atoms with Gasteiger partial charge in [0.1, 0.15) is 6.33 Å². The van der Waals surface area contributed by atoms with Crippen LogP contribution in [0.3, 0.4) is 0 Å². The van der Waals surface area contributed by atoms with Gasteiger partial charge in [-0.3, -0.25) is 0 Å². The molecule has 0 spiro atoms. The molecule has 0 aliphatic rings. The van der Waals surface area contributed by atoms with Gasteiger partial charge in [-0.1, -0.05) is 18.2 Å². The molecule has 90 valence electrons. The molecule has 0 aliphatic carbocycles. The summed E-state index contributed by atoms with van der Waals surface area (Å²) in [4.78, 5) is 4.06. The molecule has 2 aromatic rings. The van der Waals surface area contributed by atoms with E-state index in [1.54, 1.807) is 11.0 Å². The third-order valence-electron chi connectivity index (χ3n) is 2.28. The molecule has 0 aliphatic heterocycles. The maximum Gasteiger partial charge on any atom is 0.335 e. The molecule has 0 fully saturated rings. The second-order valence-electron chi connectivity index (χ2n) is 3.59. The van der Waals surface area contributed by atoms with Crippen LogP contribution >= 0.6 is 0 Å². The number of para-hydroxylation sites is 1. The average Bonchev–Trinajstić information content (AvgIpc) is 2.85. The molecule has 1 aromatic carbocycles. The number of nitrogens with zero attached hydrogens (tertiary/aromatic N) is 3. The van der Waals surface area contributed by atoms with Gasteiger partial charge in [-0.05, 0) is 25.0 Å². The fourth-order valence-corrected chi connectivity index (χ4v) is 1.40. The molecule has 0 unspecified atom stereocenters. The molecular formula is C12H15N3O2. The van der Waals surface area contributed by atoms with Gasteiger partial charge in [-0.2, -0.15) is 4.98 Å². The van der Waals surface area contributed by atoms with Crippen LogP contribution in [0, 0.1) is 0 Å². The van der Waals surface area contributed by atoms with Gasteiger partial charge >= 0.3 is 6.01 Å². The summed E-state index contributed by atoms with van der Waals surface area (Å²) in [6.45, 7) is 0.717.